The summed E-state index contributed by atoms with van der Waals surface area (Å²) in [6, 6.07) is 5.79. The van der Waals surface area contributed by atoms with Crippen molar-refractivity contribution in [1.82, 2.24) is 0 Å². The normalized spacial score (nSPS) is 30.0. The van der Waals surface area contributed by atoms with E-state index in [0.29, 0.717) is 18.5 Å². The molecule has 1 fully saturated rings. The third kappa shape index (κ3) is 1.57. The SMILES string of the molecule is CC1CC(=O)CC2(C1=O)C1=C(C=CCC1)c1ccc(N)cc12. The number of nitrogens with two attached hydrogens (primary N) is 1. The molecule has 1 saturated carbocycles. The first-order chi connectivity index (χ1) is 10.5. The zero-order chi connectivity index (χ0) is 15.5. The van der Waals surface area contributed by atoms with Crippen molar-refractivity contribution < 1.29 is 9.59 Å². The van der Waals surface area contributed by atoms with Crippen molar-refractivity contribution in [3.05, 3.63) is 47.1 Å². The Labute approximate surface area is 129 Å². The molecule has 3 aliphatic carbocycles. The van der Waals surface area contributed by atoms with Crippen LogP contribution in [0.5, 0.6) is 0 Å². The third-order valence-corrected chi connectivity index (χ3v) is 5.34. The van der Waals surface area contributed by atoms with Crippen molar-refractivity contribution in [1.29, 1.82) is 0 Å². The summed E-state index contributed by atoms with van der Waals surface area (Å²) in [5.41, 5.74) is 10.2. The molecule has 1 aromatic rings. The van der Waals surface area contributed by atoms with Gasteiger partial charge in [0.05, 0.1) is 5.41 Å². The third-order valence-electron chi connectivity index (χ3n) is 5.34. The molecule has 2 atom stereocenters. The Balaban J connectivity index is 2.04. The van der Waals surface area contributed by atoms with E-state index in [2.05, 4.69) is 12.2 Å². The Morgan fingerprint density at radius 3 is 2.91 bits per heavy atom. The Hall–Kier alpha value is -2.16. The minimum atomic E-state index is -0.750. The Kier molecular flexibility index (Phi) is 2.71. The smallest absolute Gasteiger partial charge is 0.151 e. The predicted octanol–water partition coefficient (Wildman–Crippen LogP) is 3.19. The number of ketones is 2. The summed E-state index contributed by atoms with van der Waals surface area (Å²) >= 11 is 0. The summed E-state index contributed by atoms with van der Waals surface area (Å²) < 4.78 is 0. The zero-order valence-corrected chi connectivity index (χ0v) is 12.7. The molecule has 22 heavy (non-hydrogen) atoms. The molecular weight excluding hydrogens is 274 g/mol. The van der Waals surface area contributed by atoms with Gasteiger partial charge in [-0.3, -0.25) is 9.59 Å². The lowest BCUT2D eigenvalue weighted by Gasteiger charge is -2.38. The van der Waals surface area contributed by atoms with E-state index >= 15 is 0 Å². The lowest BCUT2D eigenvalue weighted by molar-refractivity contribution is -0.137. The number of fused-ring (bicyclic) bond motifs is 4. The van der Waals surface area contributed by atoms with Crippen molar-refractivity contribution in [3.8, 4) is 0 Å². The molecule has 2 unspecified atom stereocenters. The average Bonchev–Trinajstić information content (AvgIpc) is 2.76. The first-order valence-electron chi connectivity index (χ1n) is 7.90. The van der Waals surface area contributed by atoms with Gasteiger partial charge in [0.25, 0.3) is 0 Å². The zero-order valence-electron chi connectivity index (χ0n) is 12.7. The summed E-state index contributed by atoms with van der Waals surface area (Å²) in [5.74, 6) is 0.163. The Morgan fingerprint density at radius 1 is 1.27 bits per heavy atom. The molecule has 0 aliphatic heterocycles. The van der Waals surface area contributed by atoms with Crippen molar-refractivity contribution in [2.75, 3.05) is 5.73 Å². The van der Waals surface area contributed by atoms with Crippen LogP contribution in [0.3, 0.4) is 0 Å². The molecule has 0 saturated heterocycles. The molecule has 3 nitrogen and oxygen atoms in total. The van der Waals surface area contributed by atoms with E-state index in [1.54, 1.807) is 0 Å². The lowest BCUT2D eigenvalue weighted by atomic mass is 9.61. The monoisotopic (exact) mass is 293 g/mol. The second-order valence-corrected chi connectivity index (χ2v) is 6.73. The van der Waals surface area contributed by atoms with Crippen LogP contribution >= 0.6 is 0 Å². The van der Waals surface area contributed by atoms with Crippen LogP contribution in [0.2, 0.25) is 0 Å². The van der Waals surface area contributed by atoms with Crippen LogP contribution in [0.25, 0.3) is 5.57 Å². The number of hydrogen-bond acceptors (Lipinski definition) is 3. The van der Waals surface area contributed by atoms with E-state index in [-0.39, 0.29) is 17.5 Å². The fourth-order valence-corrected chi connectivity index (χ4v) is 4.47. The van der Waals surface area contributed by atoms with Gasteiger partial charge in [0.1, 0.15) is 5.78 Å². The average molecular weight is 293 g/mol. The van der Waals surface area contributed by atoms with Gasteiger partial charge in [-0.05, 0) is 47.2 Å². The molecule has 0 bridgehead atoms. The lowest BCUT2D eigenvalue weighted by Crippen LogP contribution is -2.46. The van der Waals surface area contributed by atoms with E-state index in [0.717, 1.165) is 35.1 Å². The van der Waals surface area contributed by atoms with Crippen LogP contribution in [0.1, 0.15) is 43.7 Å². The van der Waals surface area contributed by atoms with Crippen LogP contribution in [0.15, 0.2) is 35.9 Å². The van der Waals surface area contributed by atoms with Crippen LogP contribution in [-0.4, -0.2) is 11.6 Å². The van der Waals surface area contributed by atoms with E-state index in [9.17, 15) is 9.59 Å². The summed E-state index contributed by atoms with van der Waals surface area (Å²) in [4.78, 5) is 25.5. The topological polar surface area (TPSA) is 60.2 Å². The minimum absolute atomic E-state index is 0.184. The molecule has 2 N–H and O–H groups in total. The van der Waals surface area contributed by atoms with E-state index in [1.807, 2.05) is 25.1 Å². The Bertz CT molecular complexity index is 772. The fraction of sp³-hybridized carbons (Fsp3) is 0.368. The first kappa shape index (κ1) is 13.5. The van der Waals surface area contributed by atoms with Gasteiger partial charge in [-0.1, -0.05) is 25.1 Å². The van der Waals surface area contributed by atoms with Gasteiger partial charge in [-0.2, -0.15) is 0 Å². The van der Waals surface area contributed by atoms with Gasteiger partial charge in [-0.15, -0.1) is 0 Å². The molecule has 0 radical (unpaired) electrons. The Morgan fingerprint density at radius 2 is 2.09 bits per heavy atom. The van der Waals surface area contributed by atoms with Crippen molar-refractivity contribution in [2.45, 2.75) is 38.0 Å². The summed E-state index contributed by atoms with van der Waals surface area (Å²) in [7, 11) is 0. The van der Waals surface area contributed by atoms with Crippen LogP contribution < -0.4 is 5.73 Å². The number of carbonyl (C=O) groups is 2. The highest BCUT2D eigenvalue weighted by molar-refractivity contribution is 6.10. The number of allylic oxidation sites excluding steroid dienone is 4. The van der Waals surface area contributed by atoms with Gasteiger partial charge in [0, 0.05) is 24.4 Å². The van der Waals surface area contributed by atoms with E-state index in [4.69, 9.17) is 5.73 Å². The first-order valence-corrected chi connectivity index (χ1v) is 7.90. The molecule has 0 amide bonds. The summed E-state index contributed by atoms with van der Waals surface area (Å²) in [6.07, 6.45) is 6.72. The van der Waals surface area contributed by atoms with Crippen LogP contribution in [0, 0.1) is 5.92 Å². The number of Topliss-reactive ketones (excluding diaryl/α,β-unsaturated/α-hetero) is 2. The number of rotatable bonds is 0. The second kappa shape index (κ2) is 4.42. The van der Waals surface area contributed by atoms with Crippen molar-refractivity contribution in [3.63, 3.8) is 0 Å². The minimum Gasteiger partial charge on any atom is -0.399 e. The quantitative estimate of drug-likeness (QED) is 0.747. The molecule has 0 heterocycles. The molecule has 3 aliphatic rings. The number of hydrogen-bond donors (Lipinski definition) is 1. The van der Waals surface area contributed by atoms with Crippen LogP contribution in [0.4, 0.5) is 5.69 Å². The van der Waals surface area contributed by atoms with Crippen molar-refractivity contribution >= 4 is 22.8 Å². The van der Waals surface area contributed by atoms with Gasteiger partial charge >= 0.3 is 0 Å². The summed E-state index contributed by atoms with van der Waals surface area (Å²) in [6.45, 7) is 1.88. The maximum absolute atomic E-state index is 13.2. The molecule has 112 valence electrons. The number of anilines is 1. The van der Waals surface area contributed by atoms with Crippen LogP contribution in [-0.2, 0) is 15.0 Å². The van der Waals surface area contributed by atoms with E-state index in [1.165, 1.54) is 0 Å². The van der Waals surface area contributed by atoms with Gasteiger partial charge in [0.15, 0.2) is 5.78 Å². The molecule has 0 aromatic heterocycles. The number of carbonyl (C=O) groups excluding carboxylic acids is 2. The molecule has 1 aromatic carbocycles. The maximum Gasteiger partial charge on any atom is 0.151 e. The fourth-order valence-electron chi connectivity index (χ4n) is 4.47. The molecule has 4 rings (SSSR count). The highest BCUT2D eigenvalue weighted by atomic mass is 16.1. The van der Waals surface area contributed by atoms with E-state index < -0.39 is 5.41 Å². The van der Waals surface area contributed by atoms with Gasteiger partial charge < -0.3 is 5.73 Å². The number of nitrogen functional groups attached to an aromatic ring is 1. The standard InChI is InChI=1S/C19H19NO2/c1-11-8-13(21)10-19(18(11)22)16-5-3-2-4-14(16)15-7-6-12(20)9-17(15)19/h2,4,6-7,9,11H,3,5,8,10,20H2,1H3. The molecular formula is C19H19NO2. The summed E-state index contributed by atoms with van der Waals surface area (Å²) in [5, 5.41) is 0. The number of benzene rings is 1. The molecule has 1 spiro atoms. The van der Waals surface area contributed by atoms with Gasteiger partial charge in [0.2, 0.25) is 0 Å². The highest BCUT2D eigenvalue weighted by Crippen LogP contribution is 2.55. The highest BCUT2D eigenvalue weighted by Gasteiger charge is 2.54. The molecule has 3 heteroatoms. The largest absolute Gasteiger partial charge is 0.399 e. The maximum atomic E-state index is 13.2. The second-order valence-electron chi connectivity index (χ2n) is 6.73. The van der Waals surface area contributed by atoms with Gasteiger partial charge in [-0.25, -0.2) is 0 Å². The van der Waals surface area contributed by atoms with Crippen molar-refractivity contribution in [2.24, 2.45) is 5.92 Å². The predicted molar refractivity (Wildman–Crippen MR) is 86.2 cm³/mol.